The SMILES string of the molecule is CC(O)C(NS(=O)(=O)c1cccc2ccccc12)C(=O)O. The van der Waals surface area contributed by atoms with Gasteiger partial charge in [0.25, 0.3) is 0 Å². The fourth-order valence-electron chi connectivity index (χ4n) is 2.02. The molecule has 2 aromatic carbocycles. The molecule has 7 heteroatoms. The predicted octanol–water partition coefficient (Wildman–Crippen LogP) is 0.952. The Bertz CT molecular complexity index is 765. The van der Waals surface area contributed by atoms with Gasteiger partial charge in [-0.1, -0.05) is 36.4 Å². The molecule has 0 fully saturated rings. The lowest BCUT2D eigenvalue weighted by molar-refractivity contribution is -0.141. The molecular formula is C14H15NO5S. The predicted molar refractivity (Wildman–Crippen MR) is 77.4 cm³/mol. The van der Waals surface area contributed by atoms with Crippen molar-refractivity contribution in [2.45, 2.75) is 24.0 Å². The molecule has 0 aliphatic carbocycles. The summed E-state index contributed by atoms with van der Waals surface area (Å²) in [6.07, 6.45) is -1.35. The van der Waals surface area contributed by atoms with Crippen molar-refractivity contribution >= 4 is 26.8 Å². The van der Waals surface area contributed by atoms with Gasteiger partial charge in [0.2, 0.25) is 10.0 Å². The van der Waals surface area contributed by atoms with Crippen LogP contribution in [0.5, 0.6) is 0 Å². The van der Waals surface area contributed by atoms with Crippen LogP contribution >= 0.6 is 0 Å². The van der Waals surface area contributed by atoms with Crippen LogP contribution < -0.4 is 4.72 Å². The molecular weight excluding hydrogens is 294 g/mol. The highest BCUT2D eigenvalue weighted by molar-refractivity contribution is 7.89. The highest BCUT2D eigenvalue weighted by Gasteiger charge is 2.29. The van der Waals surface area contributed by atoms with Gasteiger partial charge in [-0.15, -0.1) is 0 Å². The van der Waals surface area contributed by atoms with Gasteiger partial charge in [-0.25, -0.2) is 8.42 Å². The van der Waals surface area contributed by atoms with E-state index < -0.39 is 28.1 Å². The lowest BCUT2D eigenvalue weighted by atomic mass is 10.1. The van der Waals surface area contributed by atoms with E-state index in [4.69, 9.17) is 5.11 Å². The van der Waals surface area contributed by atoms with Crippen molar-refractivity contribution in [3.8, 4) is 0 Å². The highest BCUT2D eigenvalue weighted by atomic mass is 32.2. The van der Waals surface area contributed by atoms with Crippen LogP contribution in [-0.4, -0.2) is 36.7 Å². The molecule has 0 aliphatic heterocycles. The van der Waals surface area contributed by atoms with Gasteiger partial charge in [0.15, 0.2) is 0 Å². The van der Waals surface area contributed by atoms with Crippen molar-refractivity contribution in [2.75, 3.05) is 0 Å². The first kappa shape index (κ1) is 15.4. The Kier molecular flexibility index (Phi) is 4.26. The van der Waals surface area contributed by atoms with Crippen molar-refractivity contribution < 1.29 is 23.4 Å². The normalized spacial score (nSPS) is 14.8. The van der Waals surface area contributed by atoms with E-state index in [1.54, 1.807) is 36.4 Å². The van der Waals surface area contributed by atoms with Crippen LogP contribution in [0.2, 0.25) is 0 Å². The van der Waals surface area contributed by atoms with Crippen molar-refractivity contribution in [2.24, 2.45) is 0 Å². The van der Waals surface area contributed by atoms with Crippen LogP contribution in [0.4, 0.5) is 0 Å². The summed E-state index contributed by atoms with van der Waals surface area (Å²) in [4.78, 5) is 11.0. The highest BCUT2D eigenvalue weighted by Crippen LogP contribution is 2.22. The molecule has 0 amide bonds. The van der Waals surface area contributed by atoms with Gasteiger partial charge in [0, 0.05) is 5.39 Å². The van der Waals surface area contributed by atoms with E-state index in [-0.39, 0.29) is 4.90 Å². The number of aliphatic hydroxyl groups excluding tert-OH is 1. The molecule has 0 radical (unpaired) electrons. The molecule has 0 heterocycles. The molecule has 2 unspecified atom stereocenters. The van der Waals surface area contributed by atoms with Gasteiger partial charge in [-0.3, -0.25) is 4.79 Å². The zero-order valence-electron chi connectivity index (χ0n) is 11.2. The minimum absolute atomic E-state index is 0.0208. The first-order valence-corrected chi connectivity index (χ1v) is 7.72. The van der Waals surface area contributed by atoms with Gasteiger partial charge in [-0.2, -0.15) is 4.72 Å². The van der Waals surface area contributed by atoms with E-state index in [1.807, 2.05) is 4.72 Å². The maximum Gasteiger partial charge on any atom is 0.324 e. The zero-order chi connectivity index (χ0) is 15.6. The largest absolute Gasteiger partial charge is 0.480 e. The quantitative estimate of drug-likeness (QED) is 0.763. The van der Waals surface area contributed by atoms with Crippen molar-refractivity contribution in [1.82, 2.24) is 4.72 Å². The van der Waals surface area contributed by atoms with Crippen LogP contribution in [0.1, 0.15) is 6.92 Å². The summed E-state index contributed by atoms with van der Waals surface area (Å²) in [7, 11) is -4.07. The zero-order valence-corrected chi connectivity index (χ0v) is 12.0. The lowest BCUT2D eigenvalue weighted by Crippen LogP contribution is -2.47. The average molecular weight is 309 g/mol. The minimum Gasteiger partial charge on any atom is -0.480 e. The van der Waals surface area contributed by atoms with Crippen LogP contribution in [0.3, 0.4) is 0 Å². The van der Waals surface area contributed by atoms with Crippen LogP contribution in [-0.2, 0) is 14.8 Å². The monoisotopic (exact) mass is 309 g/mol. The molecule has 3 N–H and O–H groups in total. The van der Waals surface area contributed by atoms with Crippen LogP contribution in [0.25, 0.3) is 10.8 Å². The molecule has 112 valence electrons. The number of carboxylic acids is 1. The molecule has 2 atom stereocenters. The van der Waals surface area contributed by atoms with E-state index in [0.29, 0.717) is 5.39 Å². The Hall–Kier alpha value is -1.96. The fourth-order valence-corrected chi connectivity index (χ4v) is 3.51. The van der Waals surface area contributed by atoms with Crippen LogP contribution in [0.15, 0.2) is 47.4 Å². The van der Waals surface area contributed by atoms with Crippen molar-refractivity contribution in [3.63, 3.8) is 0 Å². The number of carboxylic acid groups (broad SMARTS) is 1. The molecule has 0 spiro atoms. The molecule has 0 saturated carbocycles. The molecule has 0 bridgehead atoms. The average Bonchev–Trinajstić information content (AvgIpc) is 2.43. The Labute approximate surface area is 122 Å². The number of sulfonamides is 1. The second kappa shape index (κ2) is 5.80. The van der Waals surface area contributed by atoms with Crippen molar-refractivity contribution in [3.05, 3.63) is 42.5 Å². The van der Waals surface area contributed by atoms with E-state index in [9.17, 15) is 18.3 Å². The van der Waals surface area contributed by atoms with Gasteiger partial charge in [0.05, 0.1) is 11.0 Å². The molecule has 2 aromatic rings. The number of hydrogen-bond donors (Lipinski definition) is 3. The minimum atomic E-state index is -4.07. The molecule has 21 heavy (non-hydrogen) atoms. The second-order valence-corrected chi connectivity index (χ2v) is 6.34. The number of aliphatic carboxylic acids is 1. The maximum atomic E-state index is 12.4. The number of fused-ring (bicyclic) bond motifs is 1. The maximum absolute atomic E-state index is 12.4. The molecule has 0 aliphatic rings. The molecule has 6 nitrogen and oxygen atoms in total. The fraction of sp³-hybridized carbons (Fsp3) is 0.214. The van der Waals surface area contributed by atoms with E-state index in [0.717, 1.165) is 5.39 Å². The lowest BCUT2D eigenvalue weighted by Gasteiger charge is -2.17. The van der Waals surface area contributed by atoms with Gasteiger partial charge in [-0.05, 0) is 18.4 Å². The molecule has 2 rings (SSSR count). The Morgan fingerprint density at radius 1 is 1.14 bits per heavy atom. The third-order valence-electron chi connectivity index (χ3n) is 3.07. The summed E-state index contributed by atoms with van der Waals surface area (Å²) in [6.45, 7) is 1.21. The molecule has 0 aromatic heterocycles. The van der Waals surface area contributed by atoms with Crippen molar-refractivity contribution in [1.29, 1.82) is 0 Å². The number of benzene rings is 2. The van der Waals surface area contributed by atoms with E-state index >= 15 is 0 Å². The van der Waals surface area contributed by atoms with Gasteiger partial charge in [0.1, 0.15) is 6.04 Å². The van der Waals surface area contributed by atoms with E-state index in [2.05, 4.69) is 0 Å². The number of rotatable bonds is 5. The Morgan fingerprint density at radius 3 is 2.38 bits per heavy atom. The third-order valence-corrected chi connectivity index (χ3v) is 4.57. The third kappa shape index (κ3) is 3.21. The topological polar surface area (TPSA) is 104 Å². The summed E-state index contributed by atoms with van der Waals surface area (Å²) < 4.78 is 26.8. The number of carbonyl (C=O) groups is 1. The number of aliphatic hydroxyl groups is 1. The summed E-state index contributed by atoms with van der Waals surface area (Å²) in [5, 5.41) is 19.6. The molecule has 0 saturated heterocycles. The Morgan fingerprint density at radius 2 is 1.76 bits per heavy atom. The summed E-state index contributed by atoms with van der Waals surface area (Å²) in [5.41, 5.74) is 0. The standard InChI is InChI=1S/C14H15NO5S/c1-9(16)13(14(17)18)15-21(19,20)12-8-4-6-10-5-2-3-7-11(10)12/h2-9,13,15-16H,1H3,(H,17,18). The first-order chi connectivity index (χ1) is 9.83. The van der Waals surface area contributed by atoms with Gasteiger partial charge >= 0.3 is 5.97 Å². The Balaban J connectivity index is 2.50. The smallest absolute Gasteiger partial charge is 0.324 e. The van der Waals surface area contributed by atoms with Crippen LogP contribution in [0, 0.1) is 0 Å². The summed E-state index contributed by atoms with van der Waals surface area (Å²) in [5.74, 6) is -1.44. The van der Waals surface area contributed by atoms with E-state index in [1.165, 1.54) is 13.0 Å². The second-order valence-electron chi connectivity index (χ2n) is 4.66. The number of nitrogens with one attached hydrogen (secondary N) is 1. The first-order valence-electron chi connectivity index (χ1n) is 6.24. The summed E-state index contributed by atoms with van der Waals surface area (Å²) >= 11 is 0. The van der Waals surface area contributed by atoms with Gasteiger partial charge < -0.3 is 10.2 Å². The summed E-state index contributed by atoms with van der Waals surface area (Å²) in [6, 6.07) is 10.0. The number of hydrogen-bond acceptors (Lipinski definition) is 4.